The minimum atomic E-state index is -1.38. The lowest BCUT2D eigenvalue weighted by atomic mass is 9.92. The molecule has 0 aromatic heterocycles. The van der Waals surface area contributed by atoms with E-state index in [9.17, 15) is 19.7 Å². The first-order chi connectivity index (χ1) is 9.70. The Morgan fingerprint density at radius 1 is 1.38 bits per heavy atom. The molecule has 0 aliphatic heterocycles. The van der Waals surface area contributed by atoms with Crippen LogP contribution in [0.2, 0.25) is 0 Å². The van der Waals surface area contributed by atoms with Gasteiger partial charge in [-0.1, -0.05) is 6.07 Å². The van der Waals surface area contributed by atoms with Crippen LogP contribution in [-0.4, -0.2) is 35.5 Å². The predicted molar refractivity (Wildman–Crippen MR) is 76.4 cm³/mol. The number of carboxylic acids is 1. The Morgan fingerprint density at radius 3 is 2.48 bits per heavy atom. The van der Waals surface area contributed by atoms with Crippen molar-refractivity contribution in [3.8, 4) is 0 Å². The number of benzene rings is 1. The maximum Gasteiger partial charge on any atom is 0.342 e. The average Bonchev–Trinajstić information content (AvgIpc) is 2.43. The molecule has 1 rings (SSSR count). The van der Waals surface area contributed by atoms with Gasteiger partial charge in [-0.2, -0.15) is 0 Å². The van der Waals surface area contributed by atoms with Gasteiger partial charge in [0.2, 0.25) is 5.91 Å². The van der Waals surface area contributed by atoms with Gasteiger partial charge in [-0.15, -0.1) is 0 Å². The summed E-state index contributed by atoms with van der Waals surface area (Å²) in [6.45, 7) is 3.47. The van der Waals surface area contributed by atoms with Gasteiger partial charge in [-0.3, -0.25) is 14.9 Å². The van der Waals surface area contributed by atoms with Crippen LogP contribution in [0.25, 0.3) is 0 Å². The van der Waals surface area contributed by atoms with Gasteiger partial charge in [0, 0.05) is 13.6 Å². The number of nitrogens with zero attached hydrogens (tertiary/aromatic N) is 1. The number of rotatable bonds is 6. The number of nitrogens with one attached hydrogen (secondary N) is 2. The second-order valence-corrected chi connectivity index (χ2v) is 5.08. The predicted octanol–water partition coefficient (Wildman–Crippen LogP) is 1.48. The maximum atomic E-state index is 11.7. The summed E-state index contributed by atoms with van der Waals surface area (Å²) in [4.78, 5) is 33.0. The van der Waals surface area contributed by atoms with Gasteiger partial charge in [-0.05, 0) is 26.0 Å². The normalized spacial score (nSPS) is 10.8. The number of carbonyl (C=O) groups is 2. The smallest absolute Gasteiger partial charge is 0.342 e. The molecule has 1 aromatic carbocycles. The number of hydrogen-bond donors (Lipinski definition) is 3. The summed E-state index contributed by atoms with van der Waals surface area (Å²) in [5, 5.41) is 25.4. The van der Waals surface area contributed by atoms with Gasteiger partial charge in [-0.25, -0.2) is 4.79 Å². The summed E-state index contributed by atoms with van der Waals surface area (Å²) in [6, 6.07) is 3.98. The number of nitro benzene ring substituents is 1. The van der Waals surface area contributed by atoms with Crippen molar-refractivity contribution in [1.29, 1.82) is 0 Å². The molecule has 0 saturated carbocycles. The van der Waals surface area contributed by atoms with Crippen molar-refractivity contribution in [2.45, 2.75) is 13.8 Å². The molecule has 0 bridgehead atoms. The van der Waals surface area contributed by atoms with E-state index in [1.54, 1.807) is 13.8 Å². The van der Waals surface area contributed by atoms with Crippen molar-refractivity contribution in [2.75, 3.05) is 18.9 Å². The lowest BCUT2D eigenvalue weighted by molar-refractivity contribution is -0.384. The van der Waals surface area contributed by atoms with Gasteiger partial charge in [0.05, 0.1) is 10.3 Å². The van der Waals surface area contributed by atoms with Crippen LogP contribution in [0.1, 0.15) is 24.2 Å². The third-order valence-corrected chi connectivity index (χ3v) is 3.01. The average molecular weight is 295 g/mol. The molecule has 0 aliphatic carbocycles. The number of hydrogen-bond acceptors (Lipinski definition) is 5. The zero-order valence-electron chi connectivity index (χ0n) is 12.0. The van der Waals surface area contributed by atoms with Crippen LogP contribution in [-0.2, 0) is 4.79 Å². The van der Waals surface area contributed by atoms with Crippen LogP contribution in [0.4, 0.5) is 11.4 Å². The van der Waals surface area contributed by atoms with E-state index in [0.717, 1.165) is 6.07 Å². The topological polar surface area (TPSA) is 122 Å². The number of amides is 1. The Hall–Kier alpha value is -2.64. The van der Waals surface area contributed by atoms with Crippen molar-refractivity contribution in [3.63, 3.8) is 0 Å². The summed E-state index contributed by atoms with van der Waals surface area (Å²) in [5.41, 5.74) is -1.65. The maximum absolute atomic E-state index is 11.7. The van der Waals surface area contributed by atoms with Crippen LogP contribution in [0.5, 0.6) is 0 Å². The first kappa shape index (κ1) is 16.4. The third kappa shape index (κ3) is 3.68. The fourth-order valence-corrected chi connectivity index (χ4v) is 1.79. The number of nitro groups is 1. The Morgan fingerprint density at radius 2 is 2.00 bits per heavy atom. The minimum absolute atomic E-state index is 0.0666. The number of carboxylic acid groups (broad SMARTS) is 1. The molecule has 0 atom stereocenters. The van der Waals surface area contributed by atoms with E-state index in [-0.39, 0.29) is 18.1 Å². The summed E-state index contributed by atoms with van der Waals surface area (Å²) < 4.78 is 0. The van der Waals surface area contributed by atoms with Gasteiger partial charge in [0.25, 0.3) is 0 Å². The molecule has 0 radical (unpaired) electrons. The van der Waals surface area contributed by atoms with E-state index in [1.807, 2.05) is 0 Å². The molecule has 114 valence electrons. The van der Waals surface area contributed by atoms with Gasteiger partial charge < -0.3 is 15.7 Å². The molecule has 0 spiro atoms. The molecule has 0 saturated heterocycles. The van der Waals surface area contributed by atoms with Crippen LogP contribution in [0.15, 0.2) is 18.2 Å². The molecule has 1 amide bonds. The van der Waals surface area contributed by atoms with Crippen LogP contribution >= 0.6 is 0 Å². The van der Waals surface area contributed by atoms with Crippen molar-refractivity contribution >= 4 is 23.3 Å². The van der Waals surface area contributed by atoms with E-state index in [0.29, 0.717) is 0 Å². The summed E-state index contributed by atoms with van der Waals surface area (Å²) in [7, 11) is 1.50. The summed E-state index contributed by atoms with van der Waals surface area (Å²) in [6.07, 6.45) is 0. The lowest BCUT2D eigenvalue weighted by Crippen LogP contribution is -2.39. The molecule has 0 aliphatic rings. The first-order valence-corrected chi connectivity index (χ1v) is 6.17. The number of para-hydroxylation sites is 1. The largest absolute Gasteiger partial charge is 0.477 e. The molecular formula is C13H17N3O5. The zero-order valence-corrected chi connectivity index (χ0v) is 12.0. The Labute approximate surface area is 121 Å². The van der Waals surface area contributed by atoms with Gasteiger partial charge in [0.1, 0.15) is 11.3 Å². The van der Waals surface area contributed by atoms with E-state index < -0.39 is 27.6 Å². The molecule has 0 fully saturated rings. The highest BCUT2D eigenvalue weighted by atomic mass is 16.6. The highest BCUT2D eigenvalue weighted by Crippen LogP contribution is 2.29. The van der Waals surface area contributed by atoms with Crippen molar-refractivity contribution in [2.24, 2.45) is 5.41 Å². The summed E-state index contributed by atoms with van der Waals surface area (Å²) in [5.74, 6) is -1.61. The lowest BCUT2D eigenvalue weighted by Gasteiger charge is -2.23. The third-order valence-electron chi connectivity index (χ3n) is 3.01. The fourth-order valence-electron chi connectivity index (χ4n) is 1.79. The van der Waals surface area contributed by atoms with Crippen LogP contribution < -0.4 is 10.6 Å². The van der Waals surface area contributed by atoms with E-state index in [4.69, 9.17) is 5.11 Å². The molecule has 1 aromatic rings. The second kappa shape index (κ2) is 6.21. The first-order valence-electron chi connectivity index (χ1n) is 6.17. The molecule has 8 heteroatoms. The Kier molecular flexibility index (Phi) is 4.85. The standard InChI is InChI=1S/C13H17N3O5/c1-13(2,12(19)14-3)7-15-9-6-4-5-8(11(17)18)10(9)16(20)21/h4-6,15H,7H2,1-3H3,(H,14,19)(H,17,18). The Bertz CT molecular complexity index is 583. The summed E-state index contributed by atoms with van der Waals surface area (Å²) >= 11 is 0. The van der Waals surface area contributed by atoms with Crippen molar-refractivity contribution < 1.29 is 19.6 Å². The number of anilines is 1. The van der Waals surface area contributed by atoms with Crippen LogP contribution in [0, 0.1) is 15.5 Å². The fraction of sp³-hybridized carbons (Fsp3) is 0.385. The van der Waals surface area contributed by atoms with Crippen LogP contribution in [0.3, 0.4) is 0 Å². The number of carbonyl (C=O) groups excluding carboxylic acids is 1. The highest BCUT2D eigenvalue weighted by Gasteiger charge is 2.29. The quantitative estimate of drug-likeness (QED) is 0.539. The van der Waals surface area contributed by atoms with Gasteiger partial charge >= 0.3 is 11.7 Å². The molecule has 21 heavy (non-hydrogen) atoms. The Balaban J connectivity index is 3.10. The molecule has 0 unspecified atom stereocenters. The SMILES string of the molecule is CNC(=O)C(C)(C)CNc1cccc(C(=O)O)c1[N+](=O)[O-]. The second-order valence-electron chi connectivity index (χ2n) is 5.08. The minimum Gasteiger partial charge on any atom is -0.477 e. The van der Waals surface area contributed by atoms with E-state index in [2.05, 4.69) is 10.6 Å². The molecule has 8 nitrogen and oxygen atoms in total. The zero-order chi connectivity index (χ0) is 16.2. The van der Waals surface area contributed by atoms with Gasteiger partial charge in [0.15, 0.2) is 0 Å². The number of aromatic carboxylic acids is 1. The molecule has 0 heterocycles. The van der Waals surface area contributed by atoms with Crippen molar-refractivity contribution in [3.05, 3.63) is 33.9 Å². The highest BCUT2D eigenvalue weighted by molar-refractivity contribution is 5.95. The monoisotopic (exact) mass is 295 g/mol. The molecular weight excluding hydrogens is 278 g/mol. The van der Waals surface area contributed by atoms with E-state index >= 15 is 0 Å². The van der Waals surface area contributed by atoms with Crippen molar-refractivity contribution in [1.82, 2.24) is 5.32 Å². The van der Waals surface area contributed by atoms with E-state index in [1.165, 1.54) is 19.2 Å². The molecule has 3 N–H and O–H groups in total.